The lowest BCUT2D eigenvalue weighted by molar-refractivity contribution is 0.475. The maximum absolute atomic E-state index is 9.47. The molecule has 0 aliphatic rings. The van der Waals surface area contributed by atoms with Crippen LogP contribution in [0, 0.1) is 0 Å². The van der Waals surface area contributed by atoms with Crippen LogP contribution in [0.1, 0.15) is 0 Å². The van der Waals surface area contributed by atoms with Crippen LogP contribution in [0.3, 0.4) is 0 Å². The Kier molecular flexibility index (Phi) is 3.64. The fraction of sp³-hybridized carbons (Fsp3) is 0. The van der Waals surface area contributed by atoms with Gasteiger partial charge in [0.25, 0.3) is 0 Å². The second-order valence-electron chi connectivity index (χ2n) is 4.90. The summed E-state index contributed by atoms with van der Waals surface area (Å²) >= 11 is 0. The molecule has 0 spiro atoms. The van der Waals surface area contributed by atoms with Gasteiger partial charge in [-0.05, 0) is 51.8 Å². The Morgan fingerprint density at radius 2 is 1.05 bits per heavy atom. The Bertz CT molecular complexity index is 762. The average molecular weight is 294 g/mol. The monoisotopic (exact) mass is 294 g/mol. The molecule has 3 rings (SSSR count). The van der Waals surface area contributed by atoms with E-state index < -0.39 is 0 Å². The molecule has 3 heteroatoms. The fourth-order valence-corrected chi connectivity index (χ4v) is 2.74. The molecule has 0 amide bonds. The molecule has 2 N–H and O–H groups in total. The normalized spacial score (nSPS) is 10.5. The van der Waals surface area contributed by atoms with Gasteiger partial charge in [0.15, 0.2) is 0 Å². The predicted molar refractivity (Wildman–Crippen MR) is 90.0 cm³/mol. The predicted octanol–water partition coefficient (Wildman–Crippen LogP) is 3.93. The molecule has 1 unspecified atom stereocenters. The van der Waals surface area contributed by atoms with Gasteiger partial charge in [0.05, 0.1) is 0 Å². The molecule has 0 fully saturated rings. The quantitative estimate of drug-likeness (QED) is 0.703. The summed E-state index contributed by atoms with van der Waals surface area (Å²) in [5, 5.41) is 19.8. The molecule has 0 saturated carbocycles. The molecule has 0 saturated heterocycles. The maximum Gasteiger partial charge on any atom is 0.116 e. The van der Waals surface area contributed by atoms with Crippen LogP contribution >= 0.6 is 9.24 Å². The van der Waals surface area contributed by atoms with Crippen LogP contribution in [-0.4, -0.2) is 10.2 Å². The van der Waals surface area contributed by atoms with Crippen LogP contribution in [0.4, 0.5) is 0 Å². The van der Waals surface area contributed by atoms with Gasteiger partial charge in [0, 0.05) is 0 Å². The van der Waals surface area contributed by atoms with Gasteiger partial charge < -0.3 is 10.2 Å². The minimum atomic E-state index is 0.268. The van der Waals surface area contributed by atoms with Crippen LogP contribution in [-0.2, 0) is 0 Å². The maximum atomic E-state index is 9.47. The summed E-state index contributed by atoms with van der Waals surface area (Å²) in [6, 6.07) is 20.7. The summed E-state index contributed by atoms with van der Waals surface area (Å²) in [5.74, 6) is 0.538. The van der Waals surface area contributed by atoms with Crippen LogP contribution in [0.15, 0.2) is 66.7 Å². The van der Waals surface area contributed by atoms with E-state index in [9.17, 15) is 10.2 Å². The summed E-state index contributed by atoms with van der Waals surface area (Å²) in [6.07, 6.45) is 0. The van der Waals surface area contributed by atoms with Crippen LogP contribution in [0.25, 0.3) is 22.3 Å². The summed E-state index contributed by atoms with van der Waals surface area (Å²) in [7, 11) is 2.65. The number of hydrogen-bond donors (Lipinski definition) is 2. The third-order valence-electron chi connectivity index (χ3n) is 3.43. The Morgan fingerprint density at radius 1 is 0.571 bits per heavy atom. The molecular weight excluding hydrogens is 279 g/mol. The van der Waals surface area contributed by atoms with E-state index in [2.05, 4.69) is 33.5 Å². The number of phenols is 2. The van der Waals surface area contributed by atoms with Gasteiger partial charge in [-0.15, -0.1) is 9.24 Å². The van der Waals surface area contributed by atoms with Crippen molar-refractivity contribution < 1.29 is 10.2 Å². The number of rotatable bonds is 2. The van der Waals surface area contributed by atoms with Gasteiger partial charge in [-0.3, -0.25) is 0 Å². The van der Waals surface area contributed by atoms with E-state index >= 15 is 0 Å². The van der Waals surface area contributed by atoms with Gasteiger partial charge in [0.2, 0.25) is 0 Å². The lowest BCUT2D eigenvalue weighted by Crippen LogP contribution is -1.95. The SMILES string of the molecule is Oc1ccc(-c2ccc(-c3ccc(O)cc3P)cc2)cc1. The second kappa shape index (κ2) is 5.59. The minimum Gasteiger partial charge on any atom is -0.508 e. The highest BCUT2D eigenvalue weighted by atomic mass is 31.0. The molecule has 0 aliphatic heterocycles. The molecule has 1 atom stereocenters. The first-order valence-corrected chi connectivity index (χ1v) is 7.19. The highest BCUT2D eigenvalue weighted by Crippen LogP contribution is 2.26. The van der Waals surface area contributed by atoms with Crippen molar-refractivity contribution in [2.75, 3.05) is 0 Å². The number of phenolic OH excluding ortho intramolecular Hbond substituents is 2. The Morgan fingerprint density at radius 3 is 1.62 bits per heavy atom. The first-order chi connectivity index (χ1) is 10.1. The zero-order chi connectivity index (χ0) is 14.8. The number of hydrogen-bond acceptors (Lipinski definition) is 2. The fourth-order valence-electron chi connectivity index (χ4n) is 2.31. The van der Waals surface area contributed by atoms with Crippen molar-refractivity contribution in [2.24, 2.45) is 0 Å². The average Bonchev–Trinajstić information content (AvgIpc) is 2.48. The van der Waals surface area contributed by atoms with Gasteiger partial charge in [-0.2, -0.15) is 0 Å². The largest absolute Gasteiger partial charge is 0.508 e. The van der Waals surface area contributed by atoms with E-state index in [4.69, 9.17) is 0 Å². The van der Waals surface area contributed by atoms with Crippen LogP contribution in [0.5, 0.6) is 11.5 Å². The molecule has 0 bridgehead atoms. The van der Waals surface area contributed by atoms with Crippen molar-refractivity contribution in [3.63, 3.8) is 0 Å². The van der Waals surface area contributed by atoms with Crippen LogP contribution < -0.4 is 5.30 Å². The zero-order valence-corrected chi connectivity index (χ0v) is 12.5. The smallest absolute Gasteiger partial charge is 0.116 e. The van der Waals surface area contributed by atoms with Gasteiger partial charge in [-0.1, -0.05) is 42.5 Å². The molecule has 2 nitrogen and oxygen atoms in total. The zero-order valence-electron chi connectivity index (χ0n) is 11.3. The summed E-state index contributed by atoms with van der Waals surface area (Å²) in [4.78, 5) is 0. The van der Waals surface area contributed by atoms with E-state index in [0.717, 1.165) is 27.6 Å². The van der Waals surface area contributed by atoms with E-state index in [-0.39, 0.29) is 11.5 Å². The van der Waals surface area contributed by atoms with Gasteiger partial charge in [0.1, 0.15) is 11.5 Å². The summed E-state index contributed by atoms with van der Waals surface area (Å²) < 4.78 is 0. The first-order valence-electron chi connectivity index (χ1n) is 6.62. The van der Waals surface area contributed by atoms with E-state index in [1.54, 1.807) is 24.3 Å². The van der Waals surface area contributed by atoms with Crippen molar-refractivity contribution in [1.82, 2.24) is 0 Å². The number of aromatic hydroxyl groups is 2. The molecule has 104 valence electrons. The summed E-state index contributed by atoms with van der Waals surface area (Å²) in [6.45, 7) is 0. The van der Waals surface area contributed by atoms with Crippen LogP contribution in [0.2, 0.25) is 0 Å². The third kappa shape index (κ3) is 2.91. The molecule has 0 aromatic heterocycles. The van der Waals surface area contributed by atoms with E-state index in [0.29, 0.717) is 0 Å². The van der Waals surface area contributed by atoms with Crippen molar-refractivity contribution >= 4 is 14.5 Å². The standard InChI is InChI=1S/C18H15O2P/c19-15-7-5-13(6-8-15)12-1-3-14(4-2-12)17-10-9-16(20)11-18(17)21/h1-11,19-20H,21H2. The van der Waals surface area contributed by atoms with Crippen molar-refractivity contribution in [3.05, 3.63) is 66.7 Å². The number of benzene rings is 3. The van der Waals surface area contributed by atoms with Crippen molar-refractivity contribution in [3.8, 4) is 33.8 Å². The van der Waals surface area contributed by atoms with E-state index in [1.807, 2.05) is 18.2 Å². The topological polar surface area (TPSA) is 40.5 Å². The van der Waals surface area contributed by atoms with Gasteiger partial charge in [-0.25, -0.2) is 0 Å². The third-order valence-corrected chi connectivity index (χ3v) is 3.91. The molecular formula is C18H15O2P. The molecule has 0 aliphatic carbocycles. The molecule has 3 aromatic rings. The van der Waals surface area contributed by atoms with Crippen molar-refractivity contribution in [1.29, 1.82) is 0 Å². The first kappa shape index (κ1) is 13.7. The van der Waals surface area contributed by atoms with E-state index in [1.165, 1.54) is 0 Å². The molecule has 0 heterocycles. The molecule has 3 aromatic carbocycles. The second-order valence-corrected chi connectivity index (χ2v) is 5.52. The van der Waals surface area contributed by atoms with Crippen molar-refractivity contribution in [2.45, 2.75) is 0 Å². The Hall–Kier alpha value is -2.31. The highest BCUT2D eigenvalue weighted by Gasteiger charge is 2.04. The highest BCUT2D eigenvalue weighted by molar-refractivity contribution is 7.28. The Balaban J connectivity index is 1.95. The lowest BCUT2D eigenvalue weighted by atomic mass is 10.00. The lowest BCUT2D eigenvalue weighted by Gasteiger charge is -2.08. The van der Waals surface area contributed by atoms with Gasteiger partial charge >= 0.3 is 0 Å². The Labute approximate surface area is 125 Å². The minimum absolute atomic E-state index is 0.268. The molecule has 0 radical (unpaired) electrons. The molecule has 21 heavy (non-hydrogen) atoms. The summed E-state index contributed by atoms with van der Waals surface area (Å²) in [5.41, 5.74) is 4.34.